The predicted molar refractivity (Wildman–Crippen MR) is 159 cm³/mol. The third-order valence-corrected chi connectivity index (χ3v) is 8.21. The van der Waals surface area contributed by atoms with Gasteiger partial charge >= 0.3 is 0 Å². The monoisotopic (exact) mass is 571 g/mol. The Hall–Kier alpha value is -4.73. The lowest BCUT2D eigenvalue weighted by Crippen LogP contribution is -2.62. The molecule has 4 heterocycles. The first-order valence-electron chi connectivity index (χ1n) is 13.9. The number of carbonyl (C=O) groups is 1. The van der Waals surface area contributed by atoms with Crippen LogP contribution in [-0.4, -0.2) is 57.2 Å². The molecule has 1 amide bonds. The molecule has 42 heavy (non-hydrogen) atoms. The third-order valence-electron chi connectivity index (χ3n) is 8.21. The standard InChI is InChI=1S/C32H31F2N5O3/c1-5-26(41)37-16-19-14-35-29-30(38(19)15-18(37)4)21-13-23(34)28(27-22(33)10-8-12-25(27)40)36-31(21)39(32(29)42)24-11-7-6-9-20(24)17(2)3/h5-13,17-19,35,40H,1,14-16H2,2-4H3. The number of hydrogen-bond acceptors (Lipinski definition) is 6. The Kier molecular flexibility index (Phi) is 6.71. The topological polar surface area (TPSA) is 90.7 Å². The number of hydrogen-bond donors (Lipinski definition) is 2. The number of amides is 1. The molecule has 6 rings (SSSR count). The summed E-state index contributed by atoms with van der Waals surface area (Å²) < 4.78 is 32.4. The lowest BCUT2D eigenvalue weighted by Gasteiger charge is -2.49. The van der Waals surface area contributed by atoms with Gasteiger partial charge in [0, 0.05) is 31.1 Å². The Morgan fingerprint density at radius 3 is 2.62 bits per heavy atom. The van der Waals surface area contributed by atoms with Crippen molar-refractivity contribution in [2.45, 2.75) is 38.8 Å². The van der Waals surface area contributed by atoms with Gasteiger partial charge in [0.2, 0.25) is 5.91 Å². The van der Waals surface area contributed by atoms with Gasteiger partial charge in [-0.2, -0.15) is 0 Å². The summed E-state index contributed by atoms with van der Waals surface area (Å²) in [6.07, 6.45) is 1.29. The second-order valence-electron chi connectivity index (χ2n) is 11.1. The van der Waals surface area contributed by atoms with E-state index in [1.165, 1.54) is 28.8 Å². The number of aromatic hydroxyl groups is 1. The van der Waals surface area contributed by atoms with Crippen LogP contribution in [0, 0.1) is 11.6 Å². The minimum atomic E-state index is -0.844. The Bertz CT molecular complexity index is 1800. The average molecular weight is 572 g/mol. The van der Waals surface area contributed by atoms with Gasteiger partial charge in [0.25, 0.3) is 5.56 Å². The molecule has 1 fully saturated rings. The van der Waals surface area contributed by atoms with Gasteiger partial charge in [0.05, 0.1) is 23.0 Å². The summed E-state index contributed by atoms with van der Waals surface area (Å²) >= 11 is 0. The molecule has 2 atom stereocenters. The fourth-order valence-corrected chi connectivity index (χ4v) is 6.18. The zero-order valence-electron chi connectivity index (χ0n) is 23.6. The first-order valence-corrected chi connectivity index (χ1v) is 13.9. The van der Waals surface area contributed by atoms with E-state index < -0.39 is 23.1 Å². The summed E-state index contributed by atoms with van der Waals surface area (Å²) in [6, 6.07) is 12.0. The summed E-state index contributed by atoms with van der Waals surface area (Å²) in [5.74, 6) is -2.28. The molecule has 10 heteroatoms. The van der Waals surface area contributed by atoms with Gasteiger partial charge in [0.1, 0.15) is 22.9 Å². The molecule has 2 aromatic heterocycles. The molecule has 2 aromatic carbocycles. The number of aromatic nitrogens is 2. The van der Waals surface area contributed by atoms with E-state index in [0.29, 0.717) is 42.1 Å². The summed E-state index contributed by atoms with van der Waals surface area (Å²) in [4.78, 5) is 35.3. The Morgan fingerprint density at radius 1 is 1.14 bits per heavy atom. The highest BCUT2D eigenvalue weighted by Crippen LogP contribution is 2.41. The van der Waals surface area contributed by atoms with Gasteiger partial charge in [-0.25, -0.2) is 13.8 Å². The van der Waals surface area contributed by atoms with Crippen molar-refractivity contribution in [2.75, 3.05) is 29.9 Å². The number of anilines is 2. The van der Waals surface area contributed by atoms with E-state index in [9.17, 15) is 19.1 Å². The molecule has 0 saturated carbocycles. The number of nitrogens with one attached hydrogen (secondary N) is 1. The molecular formula is C32H31F2N5O3. The van der Waals surface area contributed by atoms with Crippen molar-refractivity contribution in [3.8, 4) is 22.7 Å². The van der Waals surface area contributed by atoms with Gasteiger partial charge in [0.15, 0.2) is 11.5 Å². The van der Waals surface area contributed by atoms with E-state index in [0.717, 1.165) is 11.6 Å². The predicted octanol–water partition coefficient (Wildman–Crippen LogP) is 5.18. The number of pyridine rings is 2. The number of fused-ring (bicyclic) bond motifs is 5. The number of carbonyl (C=O) groups excluding carboxylic acids is 1. The van der Waals surface area contributed by atoms with Crippen LogP contribution in [-0.2, 0) is 4.79 Å². The van der Waals surface area contributed by atoms with E-state index in [1.54, 1.807) is 11.0 Å². The van der Waals surface area contributed by atoms with Crippen molar-refractivity contribution in [3.05, 3.63) is 88.7 Å². The Balaban J connectivity index is 1.68. The number of nitrogens with zero attached hydrogens (tertiary/aromatic N) is 4. The SMILES string of the molecule is C=CC(=O)N1CC2CNc3c(c4cc(F)c(-c5c(O)cccc5F)nc4n(-c4ccccc4C(C)C)c3=O)N2CC1C. The van der Waals surface area contributed by atoms with Crippen LogP contribution in [0.4, 0.5) is 20.2 Å². The molecule has 2 N–H and O–H groups in total. The zero-order valence-corrected chi connectivity index (χ0v) is 23.6. The van der Waals surface area contributed by atoms with Crippen molar-refractivity contribution < 1.29 is 18.7 Å². The fourth-order valence-electron chi connectivity index (χ4n) is 6.18. The Morgan fingerprint density at radius 2 is 1.90 bits per heavy atom. The highest BCUT2D eigenvalue weighted by molar-refractivity contribution is 6.00. The number of piperazine rings is 1. The average Bonchev–Trinajstić information content (AvgIpc) is 2.97. The summed E-state index contributed by atoms with van der Waals surface area (Å²) in [6.45, 7) is 10.7. The molecule has 1 saturated heterocycles. The van der Waals surface area contributed by atoms with E-state index in [2.05, 4.69) is 16.9 Å². The number of halogens is 2. The van der Waals surface area contributed by atoms with E-state index in [1.807, 2.05) is 43.9 Å². The van der Waals surface area contributed by atoms with Crippen molar-refractivity contribution in [3.63, 3.8) is 0 Å². The van der Waals surface area contributed by atoms with Crippen LogP contribution in [0.25, 0.3) is 28.0 Å². The van der Waals surface area contributed by atoms with Crippen LogP contribution < -0.4 is 15.8 Å². The quantitative estimate of drug-likeness (QED) is 0.328. The highest BCUT2D eigenvalue weighted by Gasteiger charge is 2.39. The normalized spacial score (nSPS) is 18.0. The second-order valence-corrected chi connectivity index (χ2v) is 11.1. The summed E-state index contributed by atoms with van der Waals surface area (Å²) in [5.41, 5.74) is 1.20. The molecule has 216 valence electrons. The zero-order chi connectivity index (χ0) is 29.9. The lowest BCUT2D eigenvalue weighted by molar-refractivity contribution is -0.128. The molecule has 2 unspecified atom stereocenters. The van der Waals surface area contributed by atoms with Crippen LogP contribution in [0.1, 0.15) is 32.3 Å². The number of benzene rings is 2. The molecule has 0 aliphatic carbocycles. The number of phenolic OH excluding ortho intramolecular Hbond substituents is 1. The van der Waals surface area contributed by atoms with Gasteiger partial charge in [-0.15, -0.1) is 0 Å². The van der Waals surface area contributed by atoms with Crippen molar-refractivity contribution in [1.29, 1.82) is 0 Å². The largest absolute Gasteiger partial charge is 0.507 e. The molecule has 2 aliphatic rings. The van der Waals surface area contributed by atoms with E-state index in [-0.39, 0.29) is 40.7 Å². The highest BCUT2D eigenvalue weighted by atomic mass is 19.1. The van der Waals surface area contributed by atoms with Crippen molar-refractivity contribution in [1.82, 2.24) is 14.5 Å². The smallest absolute Gasteiger partial charge is 0.282 e. The van der Waals surface area contributed by atoms with Crippen LogP contribution in [0.3, 0.4) is 0 Å². The molecule has 4 aromatic rings. The molecule has 0 radical (unpaired) electrons. The maximum Gasteiger partial charge on any atom is 0.282 e. The van der Waals surface area contributed by atoms with Crippen LogP contribution >= 0.6 is 0 Å². The van der Waals surface area contributed by atoms with Crippen molar-refractivity contribution >= 4 is 28.3 Å². The lowest BCUT2D eigenvalue weighted by atomic mass is 9.98. The maximum atomic E-state index is 16.0. The molecular weight excluding hydrogens is 540 g/mol. The fraction of sp³-hybridized carbons (Fsp3) is 0.281. The third kappa shape index (κ3) is 4.20. The number of para-hydroxylation sites is 1. The van der Waals surface area contributed by atoms with Crippen LogP contribution in [0.5, 0.6) is 5.75 Å². The molecule has 2 aliphatic heterocycles. The number of rotatable bonds is 4. The molecule has 0 bridgehead atoms. The number of phenols is 1. The first kappa shape index (κ1) is 27.4. The summed E-state index contributed by atoms with van der Waals surface area (Å²) in [5, 5.41) is 14.1. The summed E-state index contributed by atoms with van der Waals surface area (Å²) in [7, 11) is 0. The Labute approximate surface area is 241 Å². The van der Waals surface area contributed by atoms with Crippen LogP contribution in [0.15, 0.2) is 66.0 Å². The van der Waals surface area contributed by atoms with Gasteiger partial charge in [-0.3, -0.25) is 14.2 Å². The van der Waals surface area contributed by atoms with Gasteiger partial charge in [-0.1, -0.05) is 44.7 Å². The van der Waals surface area contributed by atoms with Gasteiger partial charge < -0.3 is 20.2 Å². The van der Waals surface area contributed by atoms with E-state index >= 15 is 4.39 Å². The minimum absolute atomic E-state index is 0.0448. The van der Waals surface area contributed by atoms with Crippen molar-refractivity contribution in [2.24, 2.45) is 0 Å². The second kappa shape index (κ2) is 10.3. The first-order chi connectivity index (χ1) is 20.1. The van der Waals surface area contributed by atoms with Crippen LogP contribution in [0.2, 0.25) is 0 Å². The van der Waals surface area contributed by atoms with E-state index in [4.69, 9.17) is 0 Å². The molecule has 8 nitrogen and oxygen atoms in total. The minimum Gasteiger partial charge on any atom is -0.507 e. The maximum absolute atomic E-state index is 16.0. The van der Waals surface area contributed by atoms with Gasteiger partial charge in [-0.05, 0) is 48.7 Å². The molecule has 0 spiro atoms.